The second-order valence-corrected chi connectivity index (χ2v) is 7.69. The Kier molecular flexibility index (Phi) is 5.58. The van der Waals surface area contributed by atoms with E-state index in [0.29, 0.717) is 5.02 Å². The fourth-order valence-electron chi connectivity index (χ4n) is 1.84. The summed E-state index contributed by atoms with van der Waals surface area (Å²) in [6.07, 6.45) is 0. The van der Waals surface area contributed by atoms with Crippen LogP contribution in [0.4, 0.5) is 4.39 Å². The molecule has 0 aliphatic heterocycles. The van der Waals surface area contributed by atoms with Gasteiger partial charge in [0.15, 0.2) is 0 Å². The van der Waals surface area contributed by atoms with Crippen LogP contribution in [0.2, 0.25) is 5.02 Å². The molecule has 0 saturated carbocycles. The largest absolute Gasteiger partial charge is 0.457 e. The first kappa shape index (κ1) is 18.4. The molecule has 0 saturated heterocycles. The highest BCUT2D eigenvalue weighted by atomic mass is 35.5. The molecule has 0 heterocycles. The van der Waals surface area contributed by atoms with Crippen LogP contribution in [0.15, 0.2) is 47.4 Å². The van der Waals surface area contributed by atoms with Gasteiger partial charge in [0, 0.05) is 19.1 Å². The highest BCUT2D eigenvalue weighted by Crippen LogP contribution is 2.20. The minimum atomic E-state index is -4.00. The number of sulfonamides is 1. The van der Waals surface area contributed by atoms with Gasteiger partial charge in [-0.15, -0.1) is 0 Å². The van der Waals surface area contributed by atoms with E-state index in [2.05, 4.69) is 0 Å². The third-order valence-electron chi connectivity index (χ3n) is 3.21. The van der Waals surface area contributed by atoms with Crippen LogP contribution in [0.5, 0.6) is 0 Å². The Labute approximate surface area is 144 Å². The summed E-state index contributed by atoms with van der Waals surface area (Å²) in [4.78, 5) is 11.5. The molecule has 0 spiro atoms. The third-order valence-corrected chi connectivity index (χ3v) is 5.29. The summed E-state index contributed by atoms with van der Waals surface area (Å²) < 4.78 is 43.9. The Morgan fingerprint density at radius 2 is 1.79 bits per heavy atom. The number of halogens is 2. The lowest BCUT2D eigenvalue weighted by Gasteiger charge is -2.13. The van der Waals surface area contributed by atoms with Gasteiger partial charge in [-0.25, -0.2) is 21.9 Å². The summed E-state index contributed by atoms with van der Waals surface area (Å²) in [6, 6.07) is 9.78. The molecule has 24 heavy (non-hydrogen) atoms. The Hall–Kier alpha value is -1.96. The van der Waals surface area contributed by atoms with E-state index in [4.69, 9.17) is 16.3 Å². The van der Waals surface area contributed by atoms with Crippen LogP contribution in [-0.4, -0.2) is 32.8 Å². The van der Waals surface area contributed by atoms with Crippen molar-refractivity contribution in [2.24, 2.45) is 0 Å². The van der Waals surface area contributed by atoms with Gasteiger partial charge in [0.05, 0.1) is 5.56 Å². The van der Waals surface area contributed by atoms with E-state index in [1.54, 1.807) is 24.3 Å². The second-order valence-electron chi connectivity index (χ2n) is 5.14. The summed E-state index contributed by atoms with van der Waals surface area (Å²) >= 11 is 5.77. The number of esters is 1. The zero-order valence-corrected chi connectivity index (χ0v) is 14.6. The van der Waals surface area contributed by atoms with Crippen LogP contribution in [0.1, 0.15) is 15.9 Å². The lowest BCUT2D eigenvalue weighted by Crippen LogP contribution is -2.23. The Balaban J connectivity index is 2.20. The average molecular weight is 372 g/mol. The number of benzene rings is 2. The van der Waals surface area contributed by atoms with E-state index in [1.165, 1.54) is 20.2 Å². The molecule has 0 radical (unpaired) electrons. The molecule has 8 heteroatoms. The Morgan fingerprint density at radius 1 is 1.17 bits per heavy atom. The number of nitrogens with zero attached hydrogens (tertiary/aromatic N) is 1. The molecule has 0 bridgehead atoms. The quantitative estimate of drug-likeness (QED) is 0.758. The van der Waals surface area contributed by atoms with Crippen LogP contribution in [0.25, 0.3) is 0 Å². The van der Waals surface area contributed by atoms with E-state index >= 15 is 0 Å². The molecule has 0 aliphatic rings. The lowest BCUT2D eigenvalue weighted by molar-refractivity contribution is 0.0472. The number of rotatable bonds is 5. The fourth-order valence-corrected chi connectivity index (χ4v) is 2.95. The molecule has 0 atom stereocenters. The summed E-state index contributed by atoms with van der Waals surface area (Å²) in [6.45, 7) is -0.0108. The van der Waals surface area contributed by atoms with Gasteiger partial charge in [-0.3, -0.25) is 0 Å². The second kappa shape index (κ2) is 7.29. The van der Waals surface area contributed by atoms with Gasteiger partial charge in [-0.1, -0.05) is 23.7 Å². The highest BCUT2D eigenvalue weighted by Gasteiger charge is 2.23. The van der Waals surface area contributed by atoms with Crippen molar-refractivity contribution >= 4 is 27.6 Å². The molecule has 0 amide bonds. The minimum absolute atomic E-state index is 0.0108. The summed E-state index contributed by atoms with van der Waals surface area (Å²) in [5.41, 5.74) is 0.668. The first-order valence-electron chi connectivity index (χ1n) is 6.85. The molecule has 0 aromatic heterocycles. The molecule has 0 fully saturated rings. The van der Waals surface area contributed by atoms with E-state index in [0.717, 1.165) is 22.0 Å². The average Bonchev–Trinajstić information content (AvgIpc) is 2.54. The van der Waals surface area contributed by atoms with Crippen molar-refractivity contribution in [3.63, 3.8) is 0 Å². The van der Waals surface area contributed by atoms with Gasteiger partial charge >= 0.3 is 5.97 Å². The predicted molar refractivity (Wildman–Crippen MR) is 87.8 cm³/mol. The maximum absolute atomic E-state index is 13.8. The summed E-state index contributed by atoms with van der Waals surface area (Å²) in [5, 5.41) is 0.558. The molecular formula is C16H15ClFNO4S. The maximum atomic E-state index is 13.8. The van der Waals surface area contributed by atoms with Crippen LogP contribution in [0.3, 0.4) is 0 Å². The summed E-state index contributed by atoms with van der Waals surface area (Å²) in [5.74, 6) is -1.68. The fraction of sp³-hybridized carbons (Fsp3) is 0.188. The summed E-state index contributed by atoms with van der Waals surface area (Å²) in [7, 11) is -1.44. The Bertz CT molecular complexity index is 851. The SMILES string of the molecule is CN(C)S(=O)(=O)c1cc(C(=O)OCc2ccc(Cl)cc2)ccc1F. The van der Waals surface area contributed by atoms with E-state index in [1.807, 2.05) is 0 Å². The molecular weight excluding hydrogens is 357 g/mol. The molecule has 0 unspecified atom stereocenters. The van der Waals surface area contributed by atoms with Crippen LogP contribution >= 0.6 is 11.6 Å². The smallest absolute Gasteiger partial charge is 0.338 e. The van der Waals surface area contributed by atoms with Crippen molar-refractivity contribution < 1.29 is 22.3 Å². The molecule has 5 nitrogen and oxygen atoms in total. The predicted octanol–water partition coefficient (Wildman–Crippen LogP) is 3.09. The molecule has 0 aliphatic carbocycles. The first-order valence-corrected chi connectivity index (χ1v) is 8.67. The van der Waals surface area contributed by atoms with Crippen molar-refractivity contribution in [3.8, 4) is 0 Å². The number of hydrogen-bond acceptors (Lipinski definition) is 4. The first-order chi connectivity index (χ1) is 11.2. The zero-order valence-electron chi connectivity index (χ0n) is 13.0. The van der Waals surface area contributed by atoms with Gasteiger partial charge < -0.3 is 4.74 Å². The van der Waals surface area contributed by atoms with Crippen molar-refractivity contribution in [1.29, 1.82) is 0 Å². The van der Waals surface area contributed by atoms with Crippen LogP contribution < -0.4 is 0 Å². The van der Waals surface area contributed by atoms with Crippen molar-refractivity contribution in [2.75, 3.05) is 14.1 Å². The topological polar surface area (TPSA) is 63.7 Å². The van der Waals surface area contributed by atoms with Gasteiger partial charge in [0.1, 0.15) is 17.3 Å². The molecule has 2 aromatic rings. The molecule has 128 valence electrons. The lowest BCUT2D eigenvalue weighted by atomic mass is 10.2. The number of carbonyl (C=O) groups is 1. The van der Waals surface area contributed by atoms with Crippen LogP contribution in [0, 0.1) is 5.82 Å². The van der Waals surface area contributed by atoms with Crippen molar-refractivity contribution in [3.05, 3.63) is 64.4 Å². The van der Waals surface area contributed by atoms with E-state index in [-0.39, 0.29) is 12.2 Å². The normalized spacial score (nSPS) is 11.5. The van der Waals surface area contributed by atoms with Crippen molar-refractivity contribution in [1.82, 2.24) is 4.31 Å². The van der Waals surface area contributed by atoms with Crippen molar-refractivity contribution in [2.45, 2.75) is 11.5 Å². The number of carbonyl (C=O) groups excluding carboxylic acids is 1. The van der Waals surface area contributed by atoms with E-state index in [9.17, 15) is 17.6 Å². The monoisotopic (exact) mass is 371 g/mol. The van der Waals surface area contributed by atoms with Gasteiger partial charge in [-0.2, -0.15) is 0 Å². The Morgan fingerprint density at radius 3 is 2.38 bits per heavy atom. The number of hydrogen-bond donors (Lipinski definition) is 0. The van der Waals surface area contributed by atoms with Gasteiger partial charge in [-0.05, 0) is 35.9 Å². The van der Waals surface area contributed by atoms with Crippen LogP contribution in [-0.2, 0) is 21.4 Å². The van der Waals surface area contributed by atoms with Gasteiger partial charge in [0.25, 0.3) is 0 Å². The maximum Gasteiger partial charge on any atom is 0.338 e. The standard InChI is InChI=1S/C16H15ClFNO4S/c1-19(2)24(21,22)15-9-12(5-8-14(15)18)16(20)23-10-11-3-6-13(17)7-4-11/h3-9H,10H2,1-2H3. The molecule has 2 aromatic carbocycles. The number of ether oxygens (including phenoxy) is 1. The molecule has 2 rings (SSSR count). The third kappa shape index (κ3) is 4.11. The molecule has 0 N–H and O–H groups in total. The zero-order chi connectivity index (χ0) is 17.9. The van der Waals surface area contributed by atoms with E-state index < -0.39 is 26.7 Å². The highest BCUT2D eigenvalue weighted by molar-refractivity contribution is 7.89. The van der Waals surface area contributed by atoms with Gasteiger partial charge in [0.2, 0.25) is 10.0 Å². The minimum Gasteiger partial charge on any atom is -0.457 e.